The van der Waals surface area contributed by atoms with E-state index >= 15 is 0 Å². The molecule has 0 fully saturated rings. The minimum atomic E-state index is 0.978. The van der Waals surface area contributed by atoms with Crippen LogP contribution >= 0.6 is 0 Å². The smallest absolute Gasteiger partial charge is 0.0875 e. The minimum absolute atomic E-state index is 0.978. The van der Waals surface area contributed by atoms with Gasteiger partial charge in [0.1, 0.15) is 0 Å². The molecule has 0 spiro atoms. The first-order chi connectivity index (χ1) is 17.3. The maximum absolute atomic E-state index is 2.55. The molecule has 2 unspecified atom stereocenters. The molecule has 1 aliphatic rings. The molecule has 1 heteroatoms. The van der Waals surface area contributed by atoms with Crippen molar-refractivity contribution in [2.45, 2.75) is 168 Å². The second-order valence-corrected chi connectivity index (χ2v) is 11.8. The first kappa shape index (κ1) is 30.5. The molecular weight excluding hydrogens is 419 g/mol. The molecule has 0 nitrogen and oxygen atoms in total. The summed E-state index contributed by atoms with van der Waals surface area (Å²) in [5.41, 5.74) is 4.81. The van der Waals surface area contributed by atoms with Crippen LogP contribution in [0.3, 0.4) is 0 Å². The zero-order valence-corrected chi connectivity index (χ0v) is 24.2. The Morgan fingerprint density at radius 3 is 1.83 bits per heavy atom. The maximum atomic E-state index is 2.55. The highest BCUT2D eigenvalue weighted by molar-refractivity contribution is 6.53. The molecule has 0 N–H and O–H groups in total. The summed E-state index contributed by atoms with van der Waals surface area (Å²) in [7, 11) is 2.51. The van der Waals surface area contributed by atoms with E-state index in [9.17, 15) is 0 Å². The highest BCUT2D eigenvalue weighted by Crippen LogP contribution is 2.34. The summed E-state index contributed by atoms with van der Waals surface area (Å²) < 4.78 is 0. The molecule has 2 atom stereocenters. The van der Waals surface area contributed by atoms with Crippen LogP contribution in [0.4, 0.5) is 0 Å². The summed E-state index contributed by atoms with van der Waals surface area (Å²) in [4.78, 5) is 0. The highest BCUT2D eigenvalue weighted by atomic mass is 14.3. The highest BCUT2D eigenvalue weighted by Gasteiger charge is 2.22. The molecule has 0 heterocycles. The number of fused-ring (bicyclic) bond motifs is 1. The maximum Gasteiger partial charge on any atom is 0.151 e. The van der Waals surface area contributed by atoms with Crippen molar-refractivity contribution in [1.82, 2.24) is 0 Å². The quantitative estimate of drug-likeness (QED) is 0.137. The lowest BCUT2D eigenvalue weighted by Gasteiger charge is -2.27. The first-order valence-electron chi connectivity index (χ1n) is 16.2. The summed E-state index contributed by atoms with van der Waals surface area (Å²) in [6.07, 6.45) is 32.5. The van der Waals surface area contributed by atoms with E-state index in [1.165, 1.54) is 153 Å². The zero-order chi connectivity index (χ0) is 25.0. The lowest BCUT2D eigenvalue weighted by atomic mass is 9.65. The Morgan fingerprint density at radius 1 is 0.657 bits per heavy atom. The number of unbranched alkanes of at least 4 members (excludes halogenated alkanes) is 11. The monoisotopic (exact) mass is 479 g/mol. The van der Waals surface area contributed by atoms with Gasteiger partial charge in [0.15, 0.2) is 7.28 Å². The van der Waals surface area contributed by atoms with Crippen molar-refractivity contribution in [3.63, 3.8) is 0 Å². The molecular formula is C34H60B. The first-order valence-corrected chi connectivity index (χ1v) is 16.2. The molecule has 0 aromatic heterocycles. The molecule has 0 bridgehead atoms. The second-order valence-electron chi connectivity index (χ2n) is 11.8. The van der Waals surface area contributed by atoms with Crippen LogP contribution in [-0.2, 0) is 12.8 Å². The van der Waals surface area contributed by atoms with Crippen LogP contribution < -0.4 is 5.46 Å². The number of rotatable bonds is 19. The fraction of sp³-hybridized carbons (Fsp3) is 0.824. The van der Waals surface area contributed by atoms with E-state index in [1.54, 1.807) is 11.1 Å². The Labute approximate surface area is 222 Å². The van der Waals surface area contributed by atoms with Crippen molar-refractivity contribution < 1.29 is 0 Å². The molecule has 1 aliphatic carbocycles. The van der Waals surface area contributed by atoms with E-state index < -0.39 is 0 Å². The van der Waals surface area contributed by atoms with Gasteiger partial charge in [-0.15, -0.1) is 0 Å². The normalized spacial score (nSPS) is 17.3. The van der Waals surface area contributed by atoms with E-state index in [4.69, 9.17) is 0 Å². The van der Waals surface area contributed by atoms with Crippen LogP contribution in [0.15, 0.2) is 18.2 Å². The number of benzene rings is 1. The van der Waals surface area contributed by atoms with Gasteiger partial charge in [-0.1, -0.05) is 153 Å². The van der Waals surface area contributed by atoms with Gasteiger partial charge in [-0.3, -0.25) is 0 Å². The van der Waals surface area contributed by atoms with Gasteiger partial charge in [0.05, 0.1) is 0 Å². The Bertz CT molecular complexity index is 621. The van der Waals surface area contributed by atoms with Crippen molar-refractivity contribution in [2.75, 3.05) is 0 Å². The SMILES string of the molecule is CCCCCCC[B]c1ccc2c(c1)CCCC(C(CCCCCC)CCCCCCC)CCC2. The number of aryl methyl sites for hydroxylation is 2. The van der Waals surface area contributed by atoms with Gasteiger partial charge >= 0.3 is 0 Å². The summed E-state index contributed by atoms with van der Waals surface area (Å²) >= 11 is 0. The van der Waals surface area contributed by atoms with Crippen molar-refractivity contribution in [3.8, 4) is 0 Å². The van der Waals surface area contributed by atoms with E-state index in [2.05, 4.69) is 46.2 Å². The second kappa shape index (κ2) is 20.4. The Hall–Kier alpha value is -0.715. The van der Waals surface area contributed by atoms with E-state index in [-0.39, 0.29) is 0 Å². The minimum Gasteiger partial charge on any atom is -0.0875 e. The average Bonchev–Trinajstić information content (AvgIpc) is 2.97. The lowest BCUT2D eigenvalue weighted by molar-refractivity contribution is 0.242. The summed E-state index contributed by atoms with van der Waals surface area (Å²) in [5.74, 6) is 1.97. The van der Waals surface area contributed by atoms with Gasteiger partial charge in [0.25, 0.3) is 0 Å². The largest absolute Gasteiger partial charge is 0.151 e. The molecule has 0 saturated heterocycles. The molecule has 0 saturated carbocycles. The van der Waals surface area contributed by atoms with Gasteiger partial charge in [-0.05, 0) is 61.5 Å². The topological polar surface area (TPSA) is 0 Å². The van der Waals surface area contributed by atoms with Crippen molar-refractivity contribution >= 4 is 12.7 Å². The lowest BCUT2D eigenvalue weighted by Crippen LogP contribution is -2.16. The summed E-state index contributed by atoms with van der Waals surface area (Å²) in [6, 6.07) is 7.44. The fourth-order valence-electron chi connectivity index (χ4n) is 6.45. The average molecular weight is 480 g/mol. The molecule has 2 rings (SSSR count). The van der Waals surface area contributed by atoms with Gasteiger partial charge in [-0.25, -0.2) is 0 Å². The van der Waals surface area contributed by atoms with Crippen LogP contribution in [0.25, 0.3) is 0 Å². The van der Waals surface area contributed by atoms with Crippen LogP contribution in [0.2, 0.25) is 6.32 Å². The van der Waals surface area contributed by atoms with E-state index in [0.717, 1.165) is 11.8 Å². The van der Waals surface area contributed by atoms with Crippen LogP contribution in [0.5, 0.6) is 0 Å². The molecule has 199 valence electrons. The van der Waals surface area contributed by atoms with Gasteiger partial charge in [0.2, 0.25) is 0 Å². The van der Waals surface area contributed by atoms with Crippen molar-refractivity contribution in [2.24, 2.45) is 11.8 Å². The molecule has 1 aromatic carbocycles. The van der Waals surface area contributed by atoms with Gasteiger partial charge < -0.3 is 0 Å². The Morgan fingerprint density at radius 2 is 1.20 bits per heavy atom. The third kappa shape index (κ3) is 13.4. The van der Waals surface area contributed by atoms with Crippen LogP contribution in [0, 0.1) is 11.8 Å². The molecule has 1 aromatic rings. The number of hydrogen-bond acceptors (Lipinski definition) is 0. The Kier molecular flexibility index (Phi) is 17.7. The van der Waals surface area contributed by atoms with Crippen molar-refractivity contribution in [1.29, 1.82) is 0 Å². The van der Waals surface area contributed by atoms with Gasteiger partial charge in [0, 0.05) is 0 Å². The summed E-state index contributed by atoms with van der Waals surface area (Å²) in [6.45, 7) is 6.98. The molecule has 0 amide bonds. The predicted molar refractivity (Wildman–Crippen MR) is 160 cm³/mol. The standard InChI is InChI=1S/C34H60B/c1-4-7-10-13-16-21-30(20-15-12-9-6-3)31-22-18-24-32-26-27-34(29-33(32)25-19-23-31)35-28-17-14-11-8-5-2/h26-27,29-31H,4-25,28H2,1-3H3. The number of hydrogen-bond donors (Lipinski definition) is 0. The van der Waals surface area contributed by atoms with Crippen LogP contribution in [0.1, 0.15) is 160 Å². The predicted octanol–water partition coefficient (Wildman–Crippen LogP) is 10.6. The Balaban J connectivity index is 1.86. The molecule has 0 aliphatic heterocycles. The van der Waals surface area contributed by atoms with Crippen LogP contribution in [-0.4, -0.2) is 7.28 Å². The summed E-state index contributed by atoms with van der Waals surface area (Å²) in [5, 5.41) is 0. The van der Waals surface area contributed by atoms with E-state index in [1.807, 2.05) is 0 Å². The van der Waals surface area contributed by atoms with E-state index in [0.29, 0.717) is 0 Å². The molecule has 1 radical (unpaired) electrons. The van der Waals surface area contributed by atoms with Gasteiger partial charge in [-0.2, -0.15) is 0 Å². The zero-order valence-electron chi connectivity index (χ0n) is 24.2. The van der Waals surface area contributed by atoms with Crippen molar-refractivity contribution in [3.05, 3.63) is 29.3 Å². The third-order valence-corrected chi connectivity index (χ3v) is 8.73. The third-order valence-electron chi connectivity index (χ3n) is 8.73. The molecule has 35 heavy (non-hydrogen) atoms. The fourth-order valence-corrected chi connectivity index (χ4v) is 6.45.